The Morgan fingerprint density at radius 1 is 0.926 bits per heavy atom. The summed E-state index contributed by atoms with van der Waals surface area (Å²) in [6.45, 7) is 9.85. The van der Waals surface area contributed by atoms with Gasteiger partial charge in [-0.1, -0.05) is 33.8 Å². The number of fused-ring (bicyclic) bond motifs is 2. The summed E-state index contributed by atoms with van der Waals surface area (Å²) in [7, 11) is 0. The maximum absolute atomic E-state index is 10.8. The zero-order chi connectivity index (χ0) is 19.8. The van der Waals surface area contributed by atoms with E-state index in [1.54, 1.807) is 18.2 Å². The van der Waals surface area contributed by atoms with Gasteiger partial charge in [-0.2, -0.15) is 0 Å². The van der Waals surface area contributed by atoms with E-state index in [1.165, 1.54) is 5.56 Å². The Hall–Kier alpha value is -2.53. The summed E-state index contributed by atoms with van der Waals surface area (Å²) in [6, 6.07) is 10.9. The van der Waals surface area contributed by atoms with E-state index in [2.05, 4.69) is 13.8 Å². The van der Waals surface area contributed by atoms with Crippen LogP contribution in [0.2, 0.25) is 0 Å². The standard InChI is InChI=1S/C11H12O3.C11H14O2/c1-11(2)6-14-9-4-3-7(10(12)13)5-8(9)11;1-11(2)7-13-10-4-3-8(6-12)5-9(10)11/h3-5H,6H2,1-2H3,(H,12,13);3-5,12H,6-7H2,1-2H3. The minimum atomic E-state index is -0.893. The van der Waals surface area contributed by atoms with Gasteiger partial charge in [0.2, 0.25) is 0 Å². The van der Waals surface area contributed by atoms with Crippen molar-refractivity contribution in [3.8, 4) is 11.5 Å². The highest BCUT2D eigenvalue weighted by atomic mass is 16.5. The van der Waals surface area contributed by atoms with Gasteiger partial charge in [0.1, 0.15) is 11.5 Å². The molecule has 2 aromatic rings. The third kappa shape index (κ3) is 3.78. The zero-order valence-electron chi connectivity index (χ0n) is 16.2. The number of rotatable bonds is 2. The van der Waals surface area contributed by atoms with Crippen LogP contribution in [0.1, 0.15) is 54.7 Å². The van der Waals surface area contributed by atoms with E-state index in [4.69, 9.17) is 19.7 Å². The summed E-state index contributed by atoms with van der Waals surface area (Å²) in [5.74, 6) is 0.873. The van der Waals surface area contributed by atoms with Gasteiger partial charge in [-0.15, -0.1) is 0 Å². The molecule has 2 N–H and O–H groups in total. The lowest BCUT2D eigenvalue weighted by atomic mass is 9.86. The summed E-state index contributed by atoms with van der Waals surface area (Å²) in [5.41, 5.74) is 3.47. The Balaban J connectivity index is 0.000000156. The van der Waals surface area contributed by atoms with E-state index in [-0.39, 0.29) is 17.4 Å². The van der Waals surface area contributed by atoms with E-state index in [1.807, 2.05) is 32.0 Å². The van der Waals surface area contributed by atoms with Crippen LogP contribution < -0.4 is 9.47 Å². The summed E-state index contributed by atoms with van der Waals surface area (Å²) in [6.07, 6.45) is 0. The molecule has 0 fully saturated rings. The first-order chi connectivity index (χ1) is 12.6. The molecular weight excluding hydrogens is 344 g/mol. The number of aromatic carboxylic acids is 1. The van der Waals surface area contributed by atoms with Gasteiger partial charge >= 0.3 is 5.97 Å². The number of aliphatic hydroxyl groups is 1. The van der Waals surface area contributed by atoms with Crippen LogP contribution in [0.15, 0.2) is 36.4 Å². The lowest BCUT2D eigenvalue weighted by Gasteiger charge is -2.15. The molecular formula is C22H26O5. The Labute approximate surface area is 159 Å². The second-order valence-electron chi connectivity index (χ2n) is 8.35. The van der Waals surface area contributed by atoms with E-state index in [9.17, 15) is 4.79 Å². The monoisotopic (exact) mass is 370 g/mol. The molecule has 0 radical (unpaired) electrons. The van der Waals surface area contributed by atoms with Crippen molar-refractivity contribution in [3.63, 3.8) is 0 Å². The maximum atomic E-state index is 10.8. The van der Waals surface area contributed by atoms with Gasteiger partial charge in [-0.25, -0.2) is 4.79 Å². The lowest BCUT2D eigenvalue weighted by Crippen LogP contribution is -2.18. The largest absolute Gasteiger partial charge is 0.492 e. The molecule has 144 valence electrons. The molecule has 5 nitrogen and oxygen atoms in total. The van der Waals surface area contributed by atoms with Gasteiger partial charge in [0.25, 0.3) is 0 Å². The number of hydrogen-bond acceptors (Lipinski definition) is 4. The van der Waals surface area contributed by atoms with Gasteiger partial charge in [-0.05, 0) is 35.9 Å². The number of aliphatic hydroxyl groups excluding tert-OH is 1. The lowest BCUT2D eigenvalue weighted by molar-refractivity contribution is 0.0696. The van der Waals surface area contributed by atoms with Crippen molar-refractivity contribution in [2.45, 2.75) is 45.1 Å². The highest BCUT2D eigenvalue weighted by Crippen LogP contribution is 2.39. The molecule has 0 atom stereocenters. The van der Waals surface area contributed by atoms with Crippen LogP contribution in [0.3, 0.4) is 0 Å². The predicted octanol–water partition coefficient (Wildman–Crippen LogP) is 3.90. The number of carboxylic acid groups (broad SMARTS) is 1. The minimum absolute atomic E-state index is 0.0825. The smallest absolute Gasteiger partial charge is 0.335 e. The molecule has 0 saturated carbocycles. The van der Waals surface area contributed by atoms with E-state index < -0.39 is 5.97 Å². The van der Waals surface area contributed by atoms with Gasteiger partial charge in [0, 0.05) is 22.0 Å². The zero-order valence-corrected chi connectivity index (χ0v) is 16.2. The second-order valence-corrected chi connectivity index (χ2v) is 8.35. The molecule has 4 rings (SSSR count). The molecule has 2 aliphatic rings. The highest BCUT2D eigenvalue weighted by Gasteiger charge is 2.32. The van der Waals surface area contributed by atoms with Crippen molar-refractivity contribution in [3.05, 3.63) is 58.7 Å². The van der Waals surface area contributed by atoms with Crippen LogP contribution in [0.5, 0.6) is 11.5 Å². The van der Waals surface area contributed by atoms with Crippen LogP contribution in [0.25, 0.3) is 0 Å². The fraction of sp³-hybridized carbons (Fsp3) is 0.409. The molecule has 0 spiro atoms. The quantitative estimate of drug-likeness (QED) is 0.838. The number of carbonyl (C=O) groups is 1. The number of benzene rings is 2. The third-order valence-electron chi connectivity index (χ3n) is 5.09. The normalized spacial score (nSPS) is 17.7. The minimum Gasteiger partial charge on any atom is -0.492 e. The van der Waals surface area contributed by atoms with Gasteiger partial charge in [0.15, 0.2) is 0 Å². The van der Waals surface area contributed by atoms with Gasteiger partial charge in [-0.3, -0.25) is 0 Å². The SMILES string of the molecule is CC1(C)COc2ccc(C(=O)O)cc21.CC1(C)COc2ccc(CO)cc21. The summed E-state index contributed by atoms with van der Waals surface area (Å²) in [4.78, 5) is 10.8. The summed E-state index contributed by atoms with van der Waals surface area (Å²) < 4.78 is 11.0. The fourth-order valence-electron chi connectivity index (χ4n) is 3.32. The van der Waals surface area contributed by atoms with Crippen LogP contribution in [0.4, 0.5) is 0 Å². The van der Waals surface area contributed by atoms with Gasteiger partial charge in [0.05, 0.1) is 25.4 Å². The first-order valence-electron chi connectivity index (χ1n) is 9.02. The molecule has 27 heavy (non-hydrogen) atoms. The molecule has 2 heterocycles. The summed E-state index contributed by atoms with van der Waals surface area (Å²) in [5, 5.41) is 17.8. The number of carboxylic acids is 1. The second kappa shape index (κ2) is 6.89. The molecule has 2 aromatic carbocycles. The molecule has 5 heteroatoms. The Bertz CT molecular complexity index is 867. The molecule has 0 aliphatic carbocycles. The molecule has 0 amide bonds. The van der Waals surface area contributed by atoms with Crippen LogP contribution in [-0.4, -0.2) is 29.4 Å². The number of ether oxygens (including phenoxy) is 2. The average molecular weight is 370 g/mol. The molecule has 0 saturated heterocycles. The van der Waals surface area contributed by atoms with Crippen molar-refractivity contribution in [2.24, 2.45) is 0 Å². The van der Waals surface area contributed by atoms with E-state index >= 15 is 0 Å². The average Bonchev–Trinajstić information content (AvgIpc) is 3.11. The Morgan fingerprint density at radius 3 is 1.96 bits per heavy atom. The van der Waals surface area contributed by atoms with E-state index in [0.717, 1.165) is 29.2 Å². The van der Waals surface area contributed by atoms with Crippen molar-refractivity contribution in [1.29, 1.82) is 0 Å². The maximum Gasteiger partial charge on any atom is 0.335 e. The van der Waals surface area contributed by atoms with Gasteiger partial charge < -0.3 is 19.7 Å². The molecule has 0 unspecified atom stereocenters. The predicted molar refractivity (Wildman–Crippen MR) is 103 cm³/mol. The number of hydrogen-bond donors (Lipinski definition) is 2. The van der Waals surface area contributed by atoms with Crippen molar-refractivity contribution >= 4 is 5.97 Å². The Morgan fingerprint density at radius 2 is 1.44 bits per heavy atom. The van der Waals surface area contributed by atoms with Crippen molar-refractivity contribution < 1.29 is 24.5 Å². The van der Waals surface area contributed by atoms with Crippen molar-refractivity contribution in [1.82, 2.24) is 0 Å². The summed E-state index contributed by atoms with van der Waals surface area (Å²) >= 11 is 0. The Kier molecular flexibility index (Phi) is 4.91. The first-order valence-corrected chi connectivity index (χ1v) is 9.02. The third-order valence-corrected chi connectivity index (χ3v) is 5.09. The first kappa shape index (κ1) is 19.2. The topological polar surface area (TPSA) is 76.0 Å². The van der Waals surface area contributed by atoms with Crippen molar-refractivity contribution in [2.75, 3.05) is 13.2 Å². The fourth-order valence-corrected chi connectivity index (χ4v) is 3.32. The molecule has 2 aliphatic heterocycles. The van der Waals surface area contributed by atoms with Crippen LogP contribution >= 0.6 is 0 Å². The highest BCUT2D eigenvalue weighted by molar-refractivity contribution is 5.88. The van der Waals surface area contributed by atoms with Crippen LogP contribution in [0, 0.1) is 0 Å². The molecule has 0 aromatic heterocycles. The van der Waals surface area contributed by atoms with E-state index in [0.29, 0.717) is 12.2 Å². The van der Waals surface area contributed by atoms with Crippen LogP contribution in [-0.2, 0) is 17.4 Å². The molecule has 0 bridgehead atoms.